The predicted octanol–water partition coefficient (Wildman–Crippen LogP) is 3.87. The van der Waals surface area contributed by atoms with Crippen molar-refractivity contribution in [3.63, 3.8) is 0 Å². The molecule has 0 fully saturated rings. The molecule has 8 heteroatoms. The molecule has 2 aromatic rings. The van der Waals surface area contributed by atoms with E-state index in [0.717, 1.165) is 35.3 Å². The average Bonchev–Trinajstić information content (AvgIpc) is 3.10. The number of aromatic nitrogens is 2. The molecule has 0 saturated carbocycles. The van der Waals surface area contributed by atoms with Crippen molar-refractivity contribution in [1.82, 2.24) is 20.6 Å². The van der Waals surface area contributed by atoms with Crippen LogP contribution in [0.4, 0.5) is 0 Å². The van der Waals surface area contributed by atoms with Crippen molar-refractivity contribution in [2.75, 3.05) is 13.6 Å². The van der Waals surface area contributed by atoms with E-state index in [4.69, 9.17) is 0 Å². The highest BCUT2D eigenvalue weighted by Crippen LogP contribution is 2.19. The minimum Gasteiger partial charge on any atom is -0.356 e. The molecule has 0 atom stereocenters. The SMILES string of the molecule is CN=C(NCCc1csc(C(C)C)n1)NCc1nc(C)c(C)s1.I. The van der Waals surface area contributed by atoms with Crippen molar-refractivity contribution in [3.8, 4) is 0 Å². The maximum Gasteiger partial charge on any atom is 0.191 e. The lowest BCUT2D eigenvalue weighted by atomic mass is 10.2. The zero-order chi connectivity index (χ0) is 16.8. The van der Waals surface area contributed by atoms with Crippen LogP contribution in [0.2, 0.25) is 0 Å². The van der Waals surface area contributed by atoms with Crippen LogP contribution in [0.15, 0.2) is 10.4 Å². The van der Waals surface area contributed by atoms with Gasteiger partial charge in [-0.1, -0.05) is 13.8 Å². The fourth-order valence-electron chi connectivity index (χ4n) is 2.01. The third-order valence-electron chi connectivity index (χ3n) is 3.44. The van der Waals surface area contributed by atoms with Crippen LogP contribution < -0.4 is 10.6 Å². The van der Waals surface area contributed by atoms with Gasteiger partial charge in [0.15, 0.2) is 5.96 Å². The number of hydrogen-bond donors (Lipinski definition) is 2. The zero-order valence-corrected chi connectivity index (χ0v) is 18.8. The summed E-state index contributed by atoms with van der Waals surface area (Å²) in [6, 6.07) is 0. The molecule has 5 nitrogen and oxygen atoms in total. The van der Waals surface area contributed by atoms with Gasteiger partial charge in [-0.3, -0.25) is 4.99 Å². The summed E-state index contributed by atoms with van der Waals surface area (Å²) in [6.45, 7) is 10.0. The number of aryl methyl sites for hydroxylation is 2. The second kappa shape index (κ2) is 10.3. The number of thiazole rings is 2. The molecule has 134 valence electrons. The molecule has 0 radical (unpaired) electrons. The lowest BCUT2D eigenvalue weighted by Crippen LogP contribution is -2.37. The fraction of sp³-hybridized carbons (Fsp3) is 0.562. The van der Waals surface area contributed by atoms with Crippen molar-refractivity contribution in [2.24, 2.45) is 4.99 Å². The number of nitrogens with zero attached hydrogens (tertiary/aromatic N) is 3. The number of halogens is 1. The van der Waals surface area contributed by atoms with Gasteiger partial charge in [0.1, 0.15) is 5.01 Å². The average molecular weight is 479 g/mol. The van der Waals surface area contributed by atoms with E-state index in [1.54, 1.807) is 29.7 Å². The fourth-order valence-corrected chi connectivity index (χ4v) is 3.75. The van der Waals surface area contributed by atoms with Crippen LogP contribution in [-0.4, -0.2) is 29.5 Å². The predicted molar refractivity (Wildman–Crippen MR) is 115 cm³/mol. The van der Waals surface area contributed by atoms with Crippen LogP contribution in [0, 0.1) is 13.8 Å². The molecule has 0 spiro atoms. The molecule has 0 aliphatic heterocycles. The maximum atomic E-state index is 4.65. The second-order valence-electron chi connectivity index (χ2n) is 5.68. The molecule has 2 heterocycles. The van der Waals surface area contributed by atoms with E-state index in [-0.39, 0.29) is 24.0 Å². The Labute approximate surface area is 169 Å². The van der Waals surface area contributed by atoms with Crippen LogP contribution in [0.3, 0.4) is 0 Å². The second-order valence-corrected chi connectivity index (χ2v) is 7.86. The number of rotatable bonds is 6. The molecule has 0 amide bonds. The minimum atomic E-state index is 0. The molecule has 0 bridgehead atoms. The Bertz CT molecular complexity index is 644. The third kappa shape index (κ3) is 6.29. The van der Waals surface area contributed by atoms with Gasteiger partial charge in [-0.15, -0.1) is 46.7 Å². The molecule has 0 aliphatic carbocycles. The summed E-state index contributed by atoms with van der Waals surface area (Å²) < 4.78 is 0. The van der Waals surface area contributed by atoms with Crippen LogP contribution in [0.1, 0.15) is 46.0 Å². The van der Waals surface area contributed by atoms with Gasteiger partial charge in [0.25, 0.3) is 0 Å². The van der Waals surface area contributed by atoms with E-state index in [0.29, 0.717) is 12.5 Å². The monoisotopic (exact) mass is 479 g/mol. The van der Waals surface area contributed by atoms with Crippen LogP contribution in [0.5, 0.6) is 0 Å². The van der Waals surface area contributed by atoms with E-state index in [9.17, 15) is 0 Å². The number of guanidine groups is 1. The van der Waals surface area contributed by atoms with E-state index in [1.165, 1.54) is 9.88 Å². The lowest BCUT2D eigenvalue weighted by Gasteiger charge is -2.10. The van der Waals surface area contributed by atoms with Crippen molar-refractivity contribution in [3.05, 3.63) is 31.7 Å². The highest BCUT2D eigenvalue weighted by molar-refractivity contribution is 14.0. The van der Waals surface area contributed by atoms with Crippen molar-refractivity contribution >= 4 is 52.6 Å². The van der Waals surface area contributed by atoms with Gasteiger partial charge in [0.2, 0.25) is 0 Å². The summed E-state index contributed by atoms with van der Waals surface area (Å²) in [5.74, 6) is 1.30. The van der Waals surface area contributed by atoms with Gasteiger partial charge in [-0.25, -0.2) is 9.97 Å². The maximum absolute atomic E-state index is 4.65. The van der Waals surface area contributed by atoms with Crippen molar-refractivity contribution < 1.29 is 0 Å². The summed E-state index contributed by atoms with van der Waals surface area (Å²) in [7, 11) is 1.79. The van der Waals surface area contributed by atoms with E-state index >= 15 is 0 Å². The molecular weight excluding hydrogens is 453 g/mol. The molecule has 2 N–H and O–H groups in total. The third-order valence-corrected chi connectivity index (χ3v) is 5.71. The molecule has 0 saturated heterocycles. The largest absolute Gasteiger partial charge is 0.356 e. The Morgan fingerprint density at radius 1 is 1.25 bits per heavy atom. The molecule has 0 aliphatic rings. The highest BCUT2D eigenvalue weighted by Gasteiger charge is 2.07. The molecular formula is C16H26IN5S2. The Balaban J connectivity index is 0.00000288. The Hall–Kier alpha value is -0.740. The number of hydrogen-bond acceptors (Lipinski definition) is 5. The van der Waals surface area contributed by atoms with Crippen LogP contribution >= 0.6 is 46.7 Å². The lowest BCUT2D eigenvalue weighted by molar-refractivity contribution is 0.775. The summed E-state index contributed by atoms with van der Waals surface area (Å²) in [4.78, 5) is 14.7. The van der Waals surface area contributed by atoms with Gasteiger partial charge < -0.3 is 10.6 Å². The topological polar surface area (TPSA) is 62.2 Å². The number of aliphatic imine (C=N–C) groups is 1. The Kier molecular flexibility index (Phi) is 9.14. The zero-order valence-electron chi connectivity index (χ0n) is 14.8. The van der Waals surface area contributed by atoms with E-state index in [1.807, 2.05) is 6.92 Å². The summed E-state index contributed by atoms with van der Waals surface area (Å²) >= 11 is 3.47. The van der Waals surface area contributed by atoms with Gasteiger partial charge in [-0.2, -0.15) is 0 Å². The van der Waals surface area contributed by atoms with Crippen molar-refractivity contribution in [2.45, 2.75) is 46.6 Å². The van der Waals surface area contributed by atoms with Crippen molar-refractivity contribution in [1.29, 1.82) is 0 Å². The summed E-state index contributed by atoms with van der Waals surface area (Å²) in [6.07, 6.45) is 0.902. The quantitative estimate of drug-likeness (QED) is 0.375. The van der Waals surface area contributed by atoms with E-state index < -0.39 is 0 Å². The normalized spacial score (nSPS) is 11.5. The molecule has 0 unspecified atom stereocenters. The first-order valence-electron chi connectivity index (χ1n) is 7.81. The van der Waals surface area contributed by atoms with Crippen LogP contribution in [0.25, 0.3) is 0 Å². The number of nitrogens with one attached hydrogen (secondary N) is 2. The van der Waals surface area contributed by atoms with Crippen LogP contribution in [-0.2, 0) is 13.0 Å². The van der Waals surface area contributed by atoms with E-state index in [2.05, 4.69) is 51.7 Å². The minimum absolute atomic E-state index is 0. The smallest absolute Gasteiger partial charge is 0.191 e. The van der Waals surface area contributed by atoms with Gasteiger partial charge in [-0.05, 0) is 13.8 Å². The van der Waals surface area contributed by atoms with Gasteiger partial charge in [0.05, 0.1) is 22.9 Å². The highest BCUT2D eigenvalue weighted by atomic mass is 127. The molecule has 24 heavy (non-hydrogen) atoms. The first-order chi connectivity index (χ1) is 11.0. The first kappa shape index (κ1) is 21.3. The molecule has 2 rings (SSSR count). The van der Waals surface area contributed by atoms with Gasteiger partial charge >= 0.3 is 0 Å². The standard InChI is InChI=1S/C16H25N5S2.HI/c1-10(2)15-21-13(9-22-15)6-7-18-16(17-5)19-8-14-20-11(3)12(4)23-14;/h9-10H,6-8H2,1-5H3,(H2,17,18,19);1H. The molecule has 0 aromatic carbocycles. The Morgan fingerprint density at radius 3 is 2.54 bits per heavy atom. The Morgan fingerprint density at radius 2 is 2.00 bits per heavy atom. The first-order valence-corrected chi connectivity index (χ1v) is 9.51. The summed E-state index contributed by atoms with van der Waals surface area (Å²) in [5, 5.41) is 11.1. The molecule has 2 aromatic heterocycles. The van der Waals surface area contributed by atoms with Gasteiger partial charge in [0, 0.05) is 36.2 Å². The summed E-state index contributed by atoms with van der Waals surface area (Å²) in [5.41, 5.74) is 2.26.